The molecule has 0 unspecified atom stereocenters. The van der Waals surface area contributed by atoms with Gasteiger partial charge in [0.25, 0.3) is 0 Å². The first-order valence-electron chi connectivity index (χ1n) is 7.06. The summed E-state index contributed by atoms with van der Waals surface area (Å²) in [7, 11) is 0. The topological polar surface area (TPSA) is 22.1 Å². The van der Waals surface area contributed by atoms with Gasteiger partial charge in [0.05, 0.1) is 0 Å². The molecule has 0 bridgehead atoms. The third-order valence-corrected chi connectivity index (χ3v) is 3.93. The third kappa shape index (κ3) is 4.12. The Morgan fingerprint density at radius 2 is 1.95 bits per heavy atom. The molecule has 4 heteroatoms. The van der Waals surface area contributed by atoms with E-state index >= 15 is 0 Å². The van der Waals surface area contributed by atoms with E-state index < -0.39 is 0 Å². The van der Waals surface area contributed by atoms with Crippen molar-refractivity contribution in [2.75, 3.05) is 0 Å². The predicted octanol–water partition coefficient (Wildman–Crippen LogP) is 5.95. The fraction of sp³-hybridized carbons (Fsp3) is 0.353. The summed E-state index contributed by atoms with van der Waals surface area (Å²) in [5.41, 5.74) is 3.05. The van der Waals surface area contributed by atoms with Crippen LogP contribution in [0.15, 0.2) is 30.3 Å². The Morgan fingerprint density at radius 3 is 2.57 bits per heavy atom. The van der Waals surface area contributed by atoms with Crippen LogP contribution >= 0.6 is 23.2 Å². The Hall–Kier alpha value is -1.25. The van der Waals surface area contributed by atoms with Crippen molar-refractivity contribution in [3.63, 3.8) is 0 Å². The van der Waals surface area contributed by atoms with E-state index in [0.29, 0.717) is 17.7 Å². The zero-order valence-corrected chi connectivity index (χ0v) is 14.0. The lowest BCUT2D eigenvalue weighted by atomic mass is 10.1. The van der Waals surface area contributed by atoms with Gasteiger partial charge in [-0.3, -0.25) is 0 Å². The summed E-state index contributed by atoms with van der Waals surface area (Å²) in [4.78, 5) is 4.54. The molecule has 0 saturated carbocycles. The van der Waals surface area contributed by atoms with Crippen LogP contribution in [0.4, 0.5) is 0 Å². The van der Waals surface area contributed by atoms with Crippen molar-refractivity contribution in [1.29, 1.82) is 0 Å². The summed E-state index contributed by atoms with van der Waals surface area (Å²) in [5, 5.41) is 0.759. The van der Waals surface area contributed by atoms with Gasteiger partial charge in [0, 0.05) is 22.7 Å². The lowest BCUT2D eigenvalue weighted by Crippen LogP contribution is -1.98. The highest BCUT2D eigenvalue weighted by atomic mass is 35.5. The lowest BCUT2D eigenvalue weighted by molar-refractivity contribution is 0.458. The summed E-state index contributed by atoms with van der Waals surface area (Å²) in [5.74, 6) is 2.08. The van der Waals surface area contributed by atoms with Gasteiger partial charge in [0.15, 0.2) is 0 Å². The molecule has 0 saturated heterocycles. The molecule has 0 fully saturated rings. The molecule has 0 amide bonds. The number of benzene rings is 1. The minimum absolute atomic E-state index is 0.326. The number of alkyl halides is 1. The van der Waals surface area contributed by atoms with E-state index in [4.69, 9.17) is 27.9 Å². The minimum Gasteiger partial charge on any atom is -0.439 e. The van der Waals surface area contributed by atoms with Gasteiger partial charge in [-0.2, -0.15) is 0 Å². The van der Waals surface area contributed by atoms with Crippen molar-refractivity contribution in [3.05, 3.63) is 52.2 Å². The van der Waals surface area contributed by atoms with Gasteiger partial charge in [0.2, 0.25) is 5.88 Å². The van der Waals surface area contributed by atoms with Gasteiger partial charge in [-0.1, -0.05) is 32.4 Å². The first-order valence-corrected chi connectivity index (χ1v) is 7.97. The van der Waals surface area contributed by atoms with Crippen molar-refractivity contribution in [2.45, 2.75) is 39.0 Å². The number of pyridine rings is 1. The maximum atomic E-state index is 6.13. The molecule has 0 aliphatic carbocycles. The van der Waals surface area contributed by atoms with Crippen LogP contribution < -0.4 is 4.74 Å². The molecule has 2 nitrogen and oxygen atoms in total. The van der Waals surface area contributed by atoms with Crippen LogP contribution in [0.25, 0.3) is 0 Å². The fourth-order valence-electron chi connectivity index (χ4n) is 2.01. The second kappa shape index (κ2) is 7.15. The van der Waals surface area contributed by atoms with Crippen molar-refractivity contribution in [3.8, 4) is 11.6 Å². The summed E-state index contributed by atoms with van der Waals surface area (Å²) >= 11 is 12.1. The molecule has 0 aliphatic rings. The summed E-state index contributed by atoms with van der Waals surface area (Å²) in [6, 6.07) is 9.55. The van der Waals surface area contributed by atoms with E-state index in [1.54, 1.807) is 0 Å². The Morgan fingerprint density at radius 1 is 1.19 bits per heavy atom. The normalized spacial score (nSPS) is 11.0. The Kier molecular flexibility index (Phi) is 5.49. The van der Waals surface area contributed by atoms with Gasteiger partial charge >= 0.3 is 0 Å². The number of aryl methyl sites for hydroxylation is 1. The fourth-order valence-corrected chi connectivity index (χ4v) is 2.42. The van der Waals surface area contributed by atoms with Crippen LogP contribution in [0.1, 0.15) is 43.5 Å². The monoisotopic (exact) mass is 323 g/mol. The molecule has 2 rings (SSSR count). The van der Waals surface area contributed by atoms with Gasteiger partial charge in [0.1, 0.15) is 5.75 Å². The molecule has 1 heterocycles. The maximum Gasteiger partial charge on any atom is 0.219 e. The summed E-state index contributed by atoms with van der Waals surface area (Å²) in [6.07, 6.45) is 0.864. The van der Waals surface area contributed by atoms with Gasteiger partial charge in [-0.15, -0.1) is 11.6 Å². The van der Waals surface area contributed by atoms with Gasteiger partial charge in [-0.25, -0.2) is 4.98 Å². The molecule has 21 heavy (non-hydrogen) atoms. The molecule has 0 atom stereocenters. The highest BCUT2D eigenvalue weighted by Crippen LogP contribution is 2.28. The van der Waals surface area contributed by atoms with Crippen LogP contribution in [0.2, 0.25) is 5.02 Å². The Balaban J connectivity index is 2.32. The smallest absolute Gasteiger partial charge is 0.219 e. The minimum atomic E-state index is 0.326. The number of halogens is 2. The van der Waals surface area contributed by atoms with E-state index in [1.807, 2.05) is 30.3 Å². The number of aromatic nitrogens is 1. The van der Waals surface area contributed by atoms with E-state index in [2.05, 4.69) is 25.8 Å². The SMILES string of the molecule is CCc1cc(Oc2cc(CCl)cc(C(C)C)n2)ccc1Cl. The molecule has 0 radical (unpaired) electrons. The number of hydrogen-bond donors (Lipinski definition) is 0. The zero-order chi connectivity index (χ0) is 15.4. The largest absolute Gasteiger partial charge is 0.439 e. The van der Waals surface area contributed by atoms with Gasteiger partial charge in [-0.05, 0) is 47.7 Å². The van der Waals surface area contributed by atoms with Crippen LogP contribution in [-0.4, -0.2) is 4.98 Å². The molecule has 0 spiro atoms. The maximum absolute atomic E-state index is 6.13. The highest BCUT2D eigenvalue weighted by molar-refractivity contribution is 6.31. The number of rotatable bonds is 5. The number of hydrogen-bond acceptors (Lipinski definition) is 2. The molecule has 0 N–H and O–H groups in total. The molecule has 1 aromatic carbocycles. The molecule has 2 aromatic rings. The zero-order valence-electron chi connectivity index (χ0n) is 12.5. The van der Waals surface area contributed by atoms with Crippen molar-refractivity contribution in [1.82, 2.24) is 4.98 Å². The standard InChI is InChI=1S/C17H19Cl2NO/c1-4-13-9-14(5-6-15(13)19)21-17-8-12(10-18)7-16(20-17)11(2)3/h5-9,11H,4,10H2,1-3H3. The highest BCUT2D eigenvalue weighted by Gasteiger charge is 2.09. The van der Waals surface area contributed by atoms with E-state index in [9.17, 15) is 0 Å². The van der Waals surface area contributed by atoms with Crippen LogP contribution in [0.3, 0.4) is 0 Å². The summed E-state index contributed by atoms with van der Waals surface area (Å²) in [6.45, 7) is 6.26. The van der Waals surface area contributed by atoms with Crippen LogP contribution in [-0.2, 0) is 12.3 Å². The quantitative estimate of drug-likeness (QED) is 0.634. The van der Waals surface area contributed by atoms with E-state index in [-0.39, 0.29) is 0 Å². The predicted molar refractivity (Wildman–Crippen MR) is 88.8 cm³/mol. The second-order valence-corrected chi connectivity index (χ2v) is 5.91. The first-order chi connectivity index (χ1) is 10.0. The third-order valence-electron chi connectivity index (χ3n) is 3.25. The molecule has 112 valence electrons. The number of nitrogens with zero attached hydrogens (tertiary/aromatic N) is 1. The van der Waals surface area contributed by atoms with Crippen molar-refractivity contribution in [2.24, 2.45) is 0 Å². The first kappa shape index (κ1) is 16.1. The molecular formula is C17H19Cl2NO. The van der Waals surface area contributed by atoms with Crippen LogP contribution in [0.5, 0.6) is 11.6 Å². The molecule has 0 aliphatic heterocycles. The van der Waals surface area contributed by atoms with Crippen LogP contribution in [0, 0.1) is 0 Å². The van der Waals surface area contributed by atoms with E-state index in [0.717, 1.165) is 34.0 Å². The number of ether oxygens (including phenoxy) is 1. The molecular weight excluding hydrogens is 305 g/mol. The van der Waals surface area contributed by atoms with Crippen molar-refractivity contribution < 1.29 is 4.74 Å². The lowest BCUT2D eigenvalue weighted by Gasteiger charge is -2.12. The second-order valence-electron chi connectivity index (χ2n) is 5.24. The average molecular weight is 324 g/mol. The average Bonchev–Trinajstić information content (AvgIpc) is 2.48. The van der Waals surface area contributed by atoms with E-state index in [1.165, 1.54) is 0 Å². The Labute approximate surface area is 136 Å². The Bertz CT molecular complexity index is 626. The van der Waals surface area contributed by atoms with Gasteiger partial charge < -0.3 is 4.74 Å². The summed E-state index contributed by atoms with van der Waals surface area (Å²) < 4.78 is 5.88. The molecule has 1 aromatic heterocycles. The van der Waals surface area contributed by atoms with Crippen molar-refractivity contribution >= 4 is 23.2 Å².